The van der Waals surface area contributed by atoms with E-state index in [0.29, 0.717) is 34.0 Å². The summed E-state index contributed by atoms with van der Waals surface area (Å²) in [7, 11) is 0. The van der Waals surface area contributed by atoms with Crippen LogP contribution in [0.3, 0.4) is 0 Å². The van der Waals surface area contributed by atoms with Gasteiger partial charge in [0.15, 0.2) is 5.78 Å². The molecule has 158 valence electrons. The molecule has 1 aliphatic carbocycles. The quantitative estimate of drug-likeness (QED) is 0.420. The summed E-state index contributed by atoms with van der Waals surface area (Å²) in [5.41, 5.74) is -0.0553. The van der Waals surface area contributed by atoms with Crippen LogP contribution in [0.5, 0.6) is 0 Å². The molecule has 1 aromatic rings. The average molecular weight is 468 g/mol. The molecular weight excluding hydrogens is 442 g/mol. The largest absolute Gasteiger partial charge is 0.515 e. The number of allylic oxidation sites excluding steroid dienone is 1. The van der Waals surface area contributed by atoms with E-state index in [4.69, 9.17) is 9.47 Å². The number of fused-ring (bicyclic) bond motifs is 1. The Hall–Kier alpha value is -2.35. The van der Waals surface area contributed by atoms with Crippen LogP contribution < -0.4 is 4.90 Å². The standard InChI is InChI=1S/C21H26BrNO6/c1-20(2,3)28-18(26)23(19(27)29-21(4,5)6)14-9-12-7-8-13(11-24)17(25)16(12)15(22)10-14/h9-11,24H,7-8H2,1-6H3/b13-11+. The Morgan fingerprint density at radius 2 is 1.55 bits per heavy atom. The smallest absolute Gasteiger partial charge is 0.424 e. The summed E-state index contributed by atoms with van der Waals surface area (Å²) in [6.45, 7) is 10.2. The number of halogens is 1. The van der Waals surface area contributed by atoms with E-state index in [2.05, 4.69) is 15.9 Å². The van der Waals surface area contributed by atoms with Crippen molar-refractivity contribution in [3.8, 4) is 0 Å². The minimum absolute atomic E-state index is 0.225. The van der Waals surface area contributed by atoms with E-state index < -0.39 is 23.4 Å². The number of aryl methyl sites for hydroxylation is 1. The van der Waals surface area contributed by atoms with Crippen LogP contribution in [-0.2, 0) is 15.9 Å². The third-order valence-electron chi connectivity index (χ3n) is 3.91. The summed E-state index contributed by atoms with van der Waals surface area (Å²) in [5, 5.41) is 9.25. The van der Waals surface area contributed by atoms with Crippen molar-refractivity contribution in [3.63, 3.8) is 0 Å². The predicted octanol–water partition coefficient (Wildman–Crippen LogP) is 5.70. The molecular formula is C21H26BrNO6. The van der Waals surface area contributed by atoms with Gasteiger partial charge in [-0.25, -0.2) is 9.59 Å². The molecule has 0 unspecified atom stereocenters. The molecule has 0 radical (unpaired) electrons. The van der Waals surface area contributed by atoms with E-state index in [-0.39, 0.29) is 11.5 Å². The van der Waals surface area contributed by atoms with Crippen LogP contribution in [0.25, 0.3) is 0 Å². The predicted molar refractivity (Wildman–Crippen MR) is 112 cm³/mol. The van der Waals surface area contributed by atoms with Crippen LogP contribution >= 0.6 is 15.9 Å². The van der Waals surface area contributed by atoms with Crippen molar-refractivity contribution < 1.29 is 29.0 Å². The lowest BCUT2D eigenvalue weighted by Gasteiger charge is -2.29. The van der Waals surface area contributed by atoms with Crippen molar-refractivity contribution in [1.82, 2.24) is 0 Å². The molecule has 0 spiro atoms. The molecule has 0 fully saturated rings. The molecule has 2 rings (SSSR count). The van der Waals surface area contributed by atoms with Crippen LogP contribution in [0.15, 0.2) is 28.4 Å². The lowest BCUT2D eigenvalue weighted by Crippen LogP contribution is -2.44. The van der Waals surface area contributed by atoms with Gasteiger partial charge >= 0.3 is 12.2 Å². The number of carbonyl (C=O) groups excluding carboxylic acids is 3. The number of hydrogen-bond acceptors (Lipinski definition) is 6. The van der Waals surface area contributed by atoms with Gasteiger partial charge in [0.25, 0.3) is 0 Å². The Kier molecular flexibility index (Phi) is 6.47. The molecule has 29 heavy (non-hydrogen) atoms. The molecule has 1 aromatic carbocycles. The third-order valence-corrected chi connectivity index (χ3v) is 4.53. The van der Waals surface area contributed by atoms with Crippen molar-refractivity contribution >= 4 is 39.6 Å². The van der Waals surface area contributed by atoms with Gasteiger partial charge in [0.2, 0.25) is 0 Å². The first kappa shape index (κ1) is 22.9. The first-order chi connectivity index (χ1) is 13.2. The number of amides is 2. The van der Waals surface area contributed by atoms with Crippen molar-refractivity contribution in [1.29, 1.82) is 0 Å². The number of Topliss-reactive ketones (excluding diaryl/α,β-unsaturated/α-hetero) is 1. The number of ether oxygens (including phenoxy) is 2. The number of rotatable bonds is 1. The first-order valence-electron chi connectivity index (χ1n) is 9.20. The van der Waals surface area contributed by atoms with Gasteiger partial charge in [0.05, 0.1) is 11.9 Å². The Morgan fingerprint density at radius 3 is 2.00 bits per heavy atom. The van der Waals surface area contributed by atoms with Crippen molar-refractivity contribution in [3.05, 3.63) is 39.6 Å². The maximum Gasteiger partial charge on any atom is 0.424 e. The van der Waals surface area contributed by atoms with E-state index in [1.807, 2.05) is 0 Å². The number of ketones is 1. The van der Waals surface area contributed by atoms with Gasteiger partial charge in [-0.05, 0) is 88.0 Å². The monoisotopic (exact) mass is 467 g/mol. The number of hydrogen-bond donors (Lipinski definition) is 1. The summed E-state index contributed by atoms with van der Waals surface area (Å²) in [6.07, 6.45) is -0.111. The second-order valence-electron chi connectivity index (χ2n) is 8.74. The van der Waals surface area contributed by atoms with E-state index in [9.17, 15) is 19.5 Å². The highest BCUT2D eigenvalue weighted by Gasteiger charge is 2.34. The van der Waals surface area contributed by atoms with Gasteiger partial charge in [-0.1, -0.05) is 0 Å². The van der Waals surface area contributed by atoms with Gasteiger partial charge in [0.1, 0.15) is 11.2 Å². The summed E-state index contributed by atoms with van der Waals surface area (Å²) < 4.78 is 11.2. The van der Waals surface area contributed by atoms with E-state index in [1.165, 1.54) is 6.07 Å². The number of imide groups is 1. The highest BCUT2D eigenvalue weighted by molar-refractivity contribution is 9.10. The maximum atomic E-state index is 12.8. The van der Waals surface area contributed by atoms with Crippen molar-refractivity contribution in [2.24, 2.45) is 0 Å². The molecule has 0 aliphatic heterocycles. The fourth-order valence-electron chi connectivity index (χ4n) is 2.80. The van der Waals surface area contributed by atoms with Gasteiger partial charge < -0.3 is 14.6 Å². The van der Waals surface area contributed by atoms with Crippen LogP contribution in [0.1, 0.15) is 63.9 Å². The third kappa shape index (κ3) is 5.59. The molecule has 0 atom stereocenters. The molecule has 1 aliphatic rings. The molecule has 0 saturated heterocycles. The average Bonchev–Trinajstić information content (AvgIpc) is 2.51. The number of aliphatic hydroxyl groups excluding tert-OH is 1. The van der Waals surface area contributed by atoms with Crippen molar-refractivity contribution in [2.75, 3.05) is 4.90 Å². The number of aliphatic hydroxyl groups is 1. The highest BCUT2D eigenvalue weighted by atomic mass is 79.9. The SMILES string of the molecule is CC(C)(C)OC(=O)N(C(=O)OC(C)(C)C)c1cc(Br)c2c(c1)CC/C(=C\O)C2=O. The zero-order valence-corrected chi connectivity index (χ0v) is 19.0. The number of carbonyl (C=O) groups is 3. The van der Waals surface area contributed by atoms with Gasteiger partial charge in [-0.3, -0.25) is 4.79 Å². The number of nitrogens with zero attached hydrogens (tertiary/aromatic N) is 1. The van der Waals surface area contributed by atoms with Crippen LogP contribution in [0.2, 0.25) is 0 Å². The first-order valence-corrected chi connectivity index (χ1v) is 9.99. The fourth-order valence-corrected chi connectivity index (χ4v) is 3.46. The molecule has 8 heteroatoms. The van der Waals surface area contributed by atoms with Gasteiger partial charge in [-0.15, -0.1) is 0 Å². The Balaban J connectivity index is 2.54. The van der Waals surface area contributed by atoms with Crippen LogP contribution in [0, 0.1) is 0 Å². The molecule has 0 saturated carbocycles. The van der Waals surface area contributed by atoms with Crippen LogP contribution in [-0.4, -0.2) is 34.3 Å². The molecule has 2 amide bonds. The minimum Gasteiger partial charge on any atom is -0.515 e. The Bertz CT molecular complexity index is 848. The number of anilines is 1. The Morgan fingerprint density at radius 1 is 1.03 bits per heavy atom. The highest BCUT2D eigenvalue weighted by Crippen LogP contribution is 2.35. The van der Waals surface area contributed by atoms with Gasteiger partial charge in [0, 0.05) is 15.6 Å². The molecule has 0 aromatic heterocycles. The maximum absolute atomic E-state index is 12.8. The van der Waals surface area contributed by atoms with Crippen LogP contribution in [0.4, 0.5) is 15.3 Å². The summed E-state index contributed by atoms with van der Waals surface area (Å²) in [4.78, 5) is 39.0. The Labute approximate surface area is 178 Å². The zero-order chi connectivity index (χ0) is 22.1. The molecule has 0 bridgehead atoms. The minimum atomic E-state index is -0.878. The lowest BCUT2D eigenvalue weighted by molar-refractivity contribution is 0.0430. The molecule has 1 N–H and O–H groups in total. The topological polar surface area (TPSA) is 93.1 Å². The fraction of sp³-hybridized carbons (Fsp3) is 0.476. The zero-order valence-electron chi connectivity index (χ0n) is 17.5. The van der Waals surface area contributed by atoms with E-state index in [1.54, 1.807) is 47.6 Å². The second-order valence-corrected chi connectivity index (χ2v) is 9.60. The molecule has 7 nitrogen and oxygen atoms in total. The summed E-state index contributed by atoms with van der Waals surface area (Å²) >= 11 is 3.36. The molecule has 0 heterocycles. The second kappa shape index (κ2) is 8.18. The number of benzene rings is 1. The van der Waals surface area contributed by atoms with Crippen molar-refractivity contribution in [2.45, 2.75) is 65.6 Å². The summed E-state index contributed by atoms with van der Waals surface area (Å²) in [6, 6.07) is 3.09. The van der Waals surface area contributed by atoms with E-state index >= 15 is 0 Å². The summed E-state index contributed by atoms with van der Waals surface area (Å²) in [5.74, 6) is -0.298. The lowest BCUT2D eigenvalue weighted by atomic mass is 9.87. The van der Waals surface area contributed by atoms with E-state index in [0.717, 1.165) is 11.2 Å². The van der Waals surface area contributed by atoms with Gasteiger partial charge in [-0.2, -0.15) is 4.90 Å². The normalized spacial score (nSPS) is 15.7.